The van der Waals surface area contributed by atoms with Gasteiger partial charge >= 0.3 is 0 Å². The number of anilines is 2. The van der Waals surface area contributed by atoms with E-state index in [2.05, 4.69) is 21.3 Å². The lowest BCUT2D eigenvalue weighted by molar-refractivity contribution is -0.117. The van der Waals surface area contributed by atoms with Gasteiger partial charge < -0.3 is 15.0 Å². The fourth-order valence-corrected chi connectivity index (χ4v) is 3.68. The molecule has 0 radical (unpaired) electrons. The van der Waals surface area contributed by atoms with Gasteiger partial charge in [-0.25, -0.2) is 0 Å². The van der Waals surface area contributed by atoms with Crippen molar-refractivity contribution < 1.29 is 9.53 Å². The molecule has 2 aromatic carbocycles. The molecule has 1 aliphatic rings. The van der Waals surface area contributed by atoms with Crippen LogP contribution in [0.3, 0.4) is 0 Å². The fourth-order valence-electron chi connectivity index (χ4n) is 3.68. The van der Waals surface area contributed by atoms with E-state index in [1.165, 1.54) is 0 Å². The van der Waals surface area contributed by atoms with Gasteiger partial charge in [-0.15, -0.1) is 0 Å². The molecule has 148 valence electrons. The zero-order valence-corrected chi connectivity index (χ0v) is 16.3. The van der Waals surface area contributed by atoms with Crippen LogP contribution < -0.4 is 10.2 Å². The molecule has 0 saturated carbocycles. The van der Waals surface area contributed by atoms with E-state index in [1.807, 2.05) is 66.9 Å². The van der Waals surface area contributed by atoms with E-state index in [1.54, 1.807) is 6.20 Å². The third kappa shape index (κ3) is 4.81. The molecule has 1 aromatic heterocycles. The number of para-hydroxylation sites is 2. The number of nitrogens with one attached hydrogen (secondary N) is 1. The topological polar surface area (TPSA) is 54.5 Å². The zero-order chi connectivity index (χ0) is 19.9. The normalized spacial score (nSPS) is 15.0. The van der Waals surface area contributed by atoms with Crippen LogP contribution in [0.1, 0.15) is 17.0 Å². The van der Waals surface area contributed by atoms with E-state index < -0.39 is 0 Å². The minimum Gasteiger partial charge on any atom is -0.378 e. The first kappa shape index (κ1) is 19.2. The lowest BCUT2D eigenvalue weighted by Gasteiger charge is -2.31. The summed E-state index contributed by atoms with van der Waals surface area (Å²) in [5.74, 6) is -0.307. The number of amides is 1. The SMILES string of the molecule is O=C(Nc1ccccc1N1CCOCC1)C(Cc1cccnc1)c1ccccc1. The standard InChI is InChI=1S/C24H25N3O2/c28-24(26-22-10-4-5-11-23(22)27-13-15-29-16-14-27)21(20-8-2-1-3-9-20)17-19-7-6-12-25-18-19/h1-12,18,21H,13-17H2,(H,26,28). The Kier molecular flexibility index (Phi) is 6.17. The number of benzene rings is 2. The van der Waals surface area contributed by atoms with Crippen LogP contribution in [0.5, 0.6) is 0 Å². The second-order valence-corrected chi connectivity index (χ2v) is 7.13. The van der Waals surface area contributed by atoms with Crippen molar-refractivity contribution >= 4 is 17.3 Å². The molecular formula is C24H25N3O2. The molecule has 1 amide bonds. The van der Waals surface area contributed by atoms with E-state index in [0.29, 0.717) is 19.6 Å². The largest absolute Gasteiger partial charge is 0.378 e. The fraction of sp³-hybridized carbons (Fsp3) is 0.250. The maximum Gasteiger partial charge on any atom is 0.232 e. The Labute approximate surface area is 171 Å². The molecule has 1 N–H and O–H groups in total. The number of rotatable bonds is 6. The molecule has 0 aliphatic carbocycles. The van der Waals surface area contributed by atoms with Crippen LogP contribution >= 0.6 is 0 Å². The van der Waals surface area contributed by atoms with Gasteiger partial charge in [0.15, 0.2) is 0 Å². The Hall–Kier alpha value is -3.18. The number of hydrogen-bond donors (Lipinski definition) is 1. The van der Waals surface area contributed by atoms with Crippen LogP contribution in [0.4, 0.5) is 11.4 Å². The van der Waals surface area contributed by atoms with E-state index in [-0.39, 0.29) is 11.8 Å². The van der Waals surface area contributed by atoms with Gasteiger partial charge in [-0.1, -0.05) is 48.5 Å². The first-order valence-electron chi connectivity index (χ1n) is 9.98. The highest BCUT2D eigenvalue weighted by Gasteiger charge is 2.23. The Morgan fingerprint density at radius 1 is 1.00 bits per heavy atom. The molecule has 1 saturated heterocycles. The number of nitrogens with zero attached hydrogens (tertiary/aromatic N) is 2. The number of pyridine rings is 1. The second kappa shape index (κ2) is 9.34. The molecule has 4 rings (SSSR count). The highest BCUT2D eigenvalue weighted by Crippen LogP contribution is 2.29. The van der Waals surface area contributed by atoms with Gasteiger partial charge in [0.1, 0.15) is 0 Å². The summed E-state index contributed by atoms with van der Waals surface area (Å²) >= 11 is 0. The van der Waals surface area contributed by atoms with Gasteiger partial charge in [-0.3, -0.25) is 9.78 Å². The monoisotopic (exact) mass is 387 g/mol. The predicted molar refractivity (Wildman–Crippen MR) is 115 cm³/mol. The van der Waals surface area contributed by atoms with Crippen LogP contribution in [0.25, 0.3) is 0 Å². The quantitative estimate of drug-likeness (QED) is 0.697. The van der Waals surface area contributed by atoms with Gasteiger partial charge in [0.2, 0.25) is 5.91 Å². The number of hydrogen-bond acceptors (Lipinski definition) is 4. The van der Waals surface area contributed by atoms with E-state index >= 15 is 0 Å². The Morgan fingerprint density at radius 3 is 2.52 bits per heavy atom. The molecule has 0 spiro atoms. The second-order valence-electron chi connectivity index (χ2n) is 7.13. The minimum absolute atomic E-state index is 0.0132. The van der Waals surface area contributed by atoms with Gasteiger partial charge in [-0.2, -0.15) is 0 Å². The van der Waals surface area contributed by atoms with E-state index in [0.717, 1.165) is 35.6 Å². The summed E-state index contributed by atoms with van der Waals surface area (Å²) in [4.78, 5) is 19.8. The van der Waals surface area contributed by atoms with Crippen LogP contribution in [-0.4, -0.2) is 37.2 Å². The highest BCUT2D eigenvalue weighted by molar-refractivity contribution is 5.98. The number of carbonyl (C=O) groups is 1. The molecular weight excluding hydrogens is 362 g/mol. The molecule has 5 heteroatoms. The lowest BCUT2D eigenvalue weighted by Crippen LogP contribution is -2.37. The summed E-state index contributed by atoms with van der Waals surface area (Å²) in [6.45, 7) is 3.06. The van der Waals surface area contributed by atoms with E-state index in [9.17, 15) is 4.79 Å². The molecule has 1 unspecified atom stereocenters. The van der Waals surface area contributed by atoms with Gasteiger partial charge in [0.25, 0.3) is 0 Å². The van der Waals surface area contributed by atoms with E-state index in [4.69, 9.17) is 4.74 Å². The number of carbonyl (C=O) groups excluding carboxylic acids is 1. The van der Waals surface area contributed by atoms with Gasteiger partial charge in [0, 0.05) is 25.5 Å². The van der Waals surface area contributed by atoms with Crippen molar-refractivity contribution in [3.8, 4) is 0 Å². The van der Waals surface area contributed by atoms with Crippen molar-refractivity contribution in [3.63, 3.8) is 0 Å². The summed E-state index contributed by atoms with van der Waals surface area (Å²) in [5.41, 5.74) is 3.92. The lowest BCUT2D eigenvalue weighted by atomic mass is 9.91. The molecule has 3 aromatic rings. The minimum atomic E-state index is -0.293. The average molecular weight is 387 g/mol. The Balaban J connectivity index is 1.59. The Morgan fingerprint density at radius 2 is 1.76 bits per heavy atom. The van der Waals surface area contributed by atoms with Crippen molar-refractivity contribution in [3.05, 3.63) is 90.3 Å². The molecule has 5 nitrogen and oxygen atoms in total. The van der Waals surface area contributed by atoms with Crippen molar-refractivity contribution in [1.82, 2.24) is 4.98 Å². The predicted octanol–water partition coefficient (Wildman–Crippen LogP) is 3.88. The molecule has 1 aliphatic heterocycles. The summed E-state index contributed by atoms with van der Waals surface area (Å²) in [6, 6.07) is 21.8. The smallest absolute Gasteiger partial charge is 0.232 e. The van der Waals surface area contributed by atoms with Crippen LogP contribution in [0, 0.1) is 0 Å². The van der Waals surface area contributed by atoms with Crippen LogP contribution in [0.2, 0.25) is 0 Å². The first-order valence-corrected chi connectivity index (χ1v) is 9.98. The van der Waals surface area contributed by atoms with Crippen LogP contribution in [-0.2, 0) is 16.0 Å². The van der Waals surface area contributed by atoms with Crippen molar-refractivity contribution in [2.45, 2.75) is 12.3 Å². The summed E-state index contributed by atoms with van der Waals surface area (Å²) in [6.07, 6.45) is 4.17. The summed E-state index contributed by atoms with van der Waals surface area (Å²) in [7, 11) is 0. The molecule has 1 fully saturated rings. The van der Waals surface area contributed by atoms with Crippen molar-refractivity contribution in [2.24, 2.45) is 0 Å². The number of aromatic nitrogens is 1. The third-order valence-electron chi connectivity index (χ3n) is 5.19. The molecule has 29 heavy (non-hydrogen) atoms. The summed E-state index contributed by atoms with van der Waals surface area (Å²) in [5, 5.41) is 3.18. The van der Waals surface area contributed by atoms with Gasteiger partial charge in [0.05, 0.1) is 30.5 Å². The molecule has 0 bridgehead atoms. The highest BCUT2D eigenvalue weighted by atomic mass is 16.5. The molecule has 1 atom stereocenters. The van der Waals surface area contributed by atoms with Crippen LogP contribution in [0.15, 0.2) is 79.1 Å². The number of morpholine rings is 1. The third-order valence-corrected chi connectivity index (χ3v) is 5.19. The van der Waals surface area contributed by atoms with Crippen molar-refractivity contribution in [2.75, 3.05) is 36.5 Å². The van der Waals surface area contributed by atoms with Gasteiger partial charge in [-0.05, 0) is 35.7 Å². The average Bonchev–Trinajstić information content (AvgIpc) is 2.79. The first-order chi connectivity index (χ1) is 14.3. The Bertz CT molecular complexity index is 925. The maximum atomic E-state index is 13.4. The van der Waals surface area contributed by atoms with Crippen molar-refractivity contribution in [1.29, 1.82) is 0 Å². The maximum absolute atomic E-state index is 13.4. The number of ether oxygens (including phenoxy) is 1. The summed E-state index contributed by atoms with van der Waals surface area (Å²) < 4.78 is 5.47. The zero-order valence-electron chi connectivity index (χ0n) is 16.3. The molecule has 2 heterocycles.